The fraction of sp³-hybridized carbons (Fsp3) is 0.538. The molecule has 0 fully saturated rings. The highest BCUT2D eigenvalue weighted by atomic mass is 15.1. The summed E-state index contributed by atoms with van der Waals surface area (Å²) in [6.45, 7) is 5.35. The van der Waals surface area contributed by atoms with Gasteiger partial charge >= 0.3 is 0 Å². The number of hydrogen-bond acceptors (Lipinski definition) is 2. The van der Waals surface area contributed by atoms with Gasteiger partial charge in [0, 0.05) is 18.8 Å². The van der Waals surface area contributed by atoms with Gasteiger partial charge in [-0.1, -0.05) is 25.1 Å². The number of para-hydroxylation sites is 1. The maximum absolute atomic E-state index is 5.63. The quantitative estimate of drug-likeness (QED) is 0.813. The monoisotopic (exact) mass is 204 g/mol. The molecule has 82 valence electrons. The number of anilines is 1. The molecule has 2 rings (SSSR count). The summed E-state index contributed by atoms with van der Waals surface area (Å²) >= 11 is 0. The van der Waals surface area contributed by atoms with Gasteiger partial charge in [0.1, 0.15) is 0 Å². The Morgan fingerprint density at radius 2 is 2.20 bits per heavy atom. The molecule has 1 atom stereocenters. The summed E-state index contributed by atoms with van der Waals surface area (Å²) < 4.78 is 0. The Balaban J connectivity index is 1.96. The van der Waals surface area contributed by atoms with Gasteiger partial charge in [0.15, 0.2) is 0 Å². The number of nitrogens with two attached hydrogens (primary N) is 1. The van der Waals surface area contributed by atoms with Crippen LogP contribution in [0.5, 0.6) is 0 Å². The van der Waals surface area contributed by atoms with E-state index in [2.05, 4.69) is 36.1 Å². The predicted molar refractivity (Wildman–Crippen MR) is 65.2 cm³/mol. The van der Waals surface area contributed by atoms with Crippen LogP contribution in [-0.2, 0) is 6.42 Å². The predicted octanol–water partition coefficient (Wildman–Crippen LogP) is 2.03. The highest BCUT2D eigenvalue weighted by Gasteiger charge is 2.17. The van der Waals surface area contributed by atoms with E-state index in [-0.39, 0.29) is 0 Å². The van der Waals surface area contributed by atoms with E-state index in [1.54, 1.807) is 0 Å². The van der Waals surface area contributed by atoms with Crippen LogP contribution in [0, 0.1) is 5.92 Å². The normalized spacial score (nSPS) is 16.5. The molecule has 2 heteroatoms. The molecule has 0 amide bonds. The molecule has 1 aromatic rings. The van der Waals surface area contributed by atoms with Crippen LogP contribution in [0.3, 0.4) is 0 Å². The van der Waals surface area contributed by atoms with Crippen LogP contribution in [0.4, 0.5) is 5.69 Å². The van der Waals surface area contributed by atoms with Gasteiger partial charge in [-0.05, 0) is 36.9 Å². The standard InChI is InChI=1S/C13H20N2/c1-11(10-14)6-8-15-9-7-12-4-2-3-5-13(12)15/h2-5,11H,6-10,14H2,1H3. The van der Waals surface area contributed by atoms with Crippen molar-refractivity contribution in [2.24, 2.45) is 11.7 Å². The molecule has 1 aromatic carbocycles. The van der Waals surface area contributed by atoms with Crippen molar-refractivity contribution in [3.05, 3.63) is 29.8 Å². The van der Waals surface area contributed by atoms with Crippen molar-refractivity contribution in [1.29, 1.82) is 0 Å². The first-order valence-corrected chi connectivity index (χ1v) is 5.84. The topological polar surface area (TPSA) is 29.3 Å². The van der Waals surface area contributed by atoms with Gasteiger partial charge in [0.25, 0.3) is 0 Å². The molecule has 2 nitrogen and oxygen atoms in total. The van der Waals surface area contributed by atoms with Gasteiger partial charge in [0.05, 0.1) is 0 Å². The third-order valence-corrected chi connectivity index (χ3v) is 3.28. The van der Waals surface area contributed by atoms with Crippen LogP contribution in [-0.4, -0.2) is 19.6 Å². The molecular weight excluding hydrogens is 184 g/mol. The Labute approximate surface area is 92.1 Å². The lowest BCUT2D eigenvalue weighted by Crippen LogP contribution is -2.25. The lowest BCUT2D eigenvalue weighted by Gasteiger charge is -2.21. The summed E-state index contributed by atoms with van der Waals surface area (Å²) in [5.41, 5.74) is 8.56. The minimum absolute atomic E-state index is 0.637. The molecule has 2 N–H and O–H groups in total. The molecule has 0 aromatic heterocycles. The first kappa shape index (κ1) is 10.5. The van der Waals surface area contributed by atoms with Crippen molar-refractivity contribution in [2.45, 2.75) is 19.8 Å². The summed E-state index contributed by atoms with van der Waals surface area (Å²) in [6, 6.07) is 8.73. The summed E-state index contributed by atoms with van der Waals surface area (Å²) in [6.07, 6.45) is 2.40. The van der Waals surface area contributed by atoms with Crippen LogP contribution >= 0.6 is 0 Å². The minimum Gasteiger partial charge on any atom is -0.371 e. The lowest BCUT2D eigenvalue weighted by molar-refractivity contribution is 0.540. The zero-order chi connectivity index (χ0) is 10.7. The molecule has 0 radical (unpaired) electrons. The molecule has 0 spiro atoms. The molecule has 1 aliphatic heterocycles. The van der Waals surface area contributed by atoms with E-state index in [9.17, 15) is 0 Å². The van der Waals surface area contributed by atoms with Gasteiger partial charge in [-0.2, -0.15) is 0 Å². The molecule has 0 bridgehead atoms. The third kappa shape index (κ3) is 2.32. The van der Waals surface area contributed by atoms with E-state index in [0.29, 0.717) is 5.92 Å². The van der Waals surface area contributed by atoms with E-state index in [1.165, 1.54) is 30.6 Å². The molecule has 15 heavy (non-hydrogen) atoms. The average molecular weight is 204 g/mol. The highest BCUT2D eigenvalue weighted by Crippen LogP contribution is 2.27. The summed E-state index contributed by atoms with van der Waals surface area (Å²) in [5.74, 6) is 0.637. The van der Waals surface area contributed by atoms with Gasteiger partial charge in [-0.15, -0.1) is 0 Å². The molecule has 0 saturated carbocycles. The van der Waals surface area contributed by atoms with Crippen LogP contribution in [0.25, 0.3) is 0 Å². The van der Waals surface area contributed by atoms with E-state index in [0.717, 1.165) is 13.1 Å². The maximum atomic E-state index is 5.63. The highest BCUT2D eigenvalue weighted by molar-refractivity contribution is 5.57. The molecule has 0 saturated heterocycles. The zero-order valence-corrected chi connectivity index (χ0v) is 9.45. The van der Waals surface area contributed by atoms with Crippen LogP contribution in [0.2, 0.25) is 0 Å². The Bertz CT molecular complexity index is 322. The van der Waals surface area contributed by atoms with E-state index in [4.69, 9.17) is 5.73 Å². The molecule has 0 aliphatic carbocycles. The van der Waals surface area contributed by atoms with Crippen molar-refractivity contribution in [3.8, 4) is 0 Å². The van der Waals surface area contributed by atoms with E-state index >= 15 is 0 Å². The fourth-order valence-corrected chi connectivity index (χ4v) is 2.13. The third-order valence-electron chi connectivity index (χ3n) is 3.28. The van der Waals surface area contributed by atoms with Crippen molar-refractivity contribution in [1.82, 2.24) is 0 Å². The Kier molecular flexibility index (Phi) is 3.27. The van der Waals surface area contributed by atoms with Crippen molar-refractivity contribution < 1.29 is 0 Å². The smallest absolute Gasteiger partial charge is 0.0399 e. The molecule has 1 aliphatic rings. The first-order chi connectivity index (χ1) is 7.31. The van der Waals surface area contributed by atoms with Gasteiger partial charge < -0.3 is 10.6 Å². The maximum Gasteiger partial charge on any atom is 0.0399 e. The minimum atomic E-state index is 0.637. The van der Waals surface area contributed by atoms with Crippen molar-refractivity contribution >= 4 is 5.69 Å². The molecule has 1 unspecified atom stereocenters. The average Bonchev–Trinajstić information content (AvgIpc) is 2.69. The number of rotatable bonds is 4. The molecule has 1 heterocycles. The molecular formula is C13H20N2. The SMILES string of the molecule is CC(CN)CCN1CCc2ccccc21. The second kappa shape index (κ2) is 4.67. The largest absolute Gasteiger partial charge is 0.371 e. The van der Waals surface area contributed by atoms with E-state index in [1.807, 2.05) is 0 Å². The summed E-state index contributed by atoms with van der Waals surface area (Å²) in [5, 5.41) is 0. The first-order valence-electron chi connectivity index (χ1n) is 5.84. The summed E-state index contributed by atoms with van der Waals surface area (Å²) in [7, 11) is 0. The van der Waals surface area contributed by atoms with Crippen molar-refractivity contribution in [3.63, 3.8) is 0 Å². The van der Waals surface area contributed by atoms with Crippen molar-refractivity contribution in [2.75, 3.05) is 24.5 Å². The van der Waals surface area contributed by atoms with Gasteiger partial charge in [-0.25, -0.2) is 0 Å². The van der Waals surface area contributed by atoms with Crippen LogP contribution < -0.4 is 10.6 Å². The second-order valence-corrected chi connectivity index (χ2v) is 4.50. The zero-order valence-electron chi connectivity index (χ0n) is 9.45. The lowest BCUT2D eigenvalue weighted by atomic mass is 10.1. The van der Waals surface area contributed by atoms with Crippen LogP contribution in [0.15, 0.2) is 24.3 Å². The number of nitrogens with zero attached hydrogens (tertiary/aromatic N) is 1. The fourth-order valence-electron chi connectivity index (χ4n) is 2.13. The summed E-state index contributed by atoms with van der Waals surface area (Å²) in [4.78, 5) is 2.49. The van der Waals surface area contributed by atoms with Gasteiger partial charge in [0.2, 0.25) is 0 Å². The van der Waals surface area contributed by atoms with Gasteiger partial charge in [-0.3, -0.25) is 0 Å². The number of fused-ring (bicyclic) bond motifs is 1. The van der Waals surface area contributed by atoms with E-state index < -0.39 is 0 Å². The number of hydrogen-bond donors (Lipinski definition) is 1. The number of benzene rings is 1. The van der Waals surface area contributed by atoms with Crippen LogP contribution in [0.1, 0.15) is 18.9 Å². The second-order valence-electron chi connectivity index (χ2n) is 4.50. The Hall–Kier alpha value is -1.02. The Morgan fingerprint density at radius 3 is 3.00 bits per heavy atom. The Morgan fingerprint density at radius 1 is 1.40 bits per heavy atom.